The van der Waals surface area contributed by atoms with Crippen LogP contribution in [0.15, 0.2) is 24.3 Å². The summed E-state index contributed by atoms with van der Waals surface area (Å²) in [7, 11) is -1.04. The number of imide groups is 1. The van der Waals surface area contributed by atoms with Crippen LogP contribution in [0.2, 0.25) is 0 Å². The highest BCUT2D eigenvalue weighted by Crippen LogP contribution is 2.39. The van der Waals surface area contributed by atoms with E-state index in [0.29, 0.717) is 31.6 Å². The average molecular weight is 292 g/mol. The van der Waals surface area contributed by atoms with Gasteiger partial charge >= 0.3 is 6.03 Å². The fourth-order valence-corrected chi connectivity index (χ4v) is 3.13. The van der Waals surface area contributed by atoms with Gasteiger partial charge in [-0.3, -0.25) is 14.6 Å². The second kappa shape index (κ2) is 5.04. The summed E-state index contributed by atoms with van der Waals surface area (Å²) in [5.74, 6) is -0.0127. The number of anilines is 1. The molecule has 0 bridgehead atoms. The summed E-state index contributed by atoms with van der Waals surface area (Å²) in [4.78, 5) is 27.9. The molecule has 2 aliphatic heterocycles. The molecule has 3 rings (SSSR count). The van der Waals surface area contributed by atoms with Crippen molar-refractivity contribution >= 4 is 17.6 Å². The van der Waals surface area contributed by atoms with Gasteiger partial charge in [0.2, 0.25) is 0 Å². The molecule has 0 saturated carbocycles. The maximum absolute atomic E-state index is 12.7. The number of benzene rings is 1. The summed E-state index contributed by atoms with van der Waals surface area (Å²) in [6, 6.07) is 5.83. The van der Waals surface area contributed by atoms with Crippen LogP contribution in [-0.4, -0.2) is 49.6 Å². The Bertz CT molecular complexity index is 654. The van der Waals surface area contributed by atoms with Gasteiger partial charge in [-0.1, -0.05) is 0 Å². The van der Waals surface area contributed by atoms with Gasteiger partial charge in [0.15, 0.2) is 0 Å². The molecule has 1 aromatic carbocycles. The molecule has 2 fully saturated rings. The normalized spacial score (nSPS) is 24.0. The van der Waals surface area contributed by atoms with Gasteiger partial charge in [0.1, 0.15) is 11.3 Å². The third-order valence-corrected chi connectivity index (χ3v) is 4.25. The Kier molecular flexibility index (Phi) is 2.55. The van der Waals surface area contributed by atoms with Gasteiger partial charge in [-0.15, -0.1) is 0 Å². The highest BCUT2D eigenvalue weighted by molar-refractivity contribution is 6.16. The summed E-state index contributed by atoms with van der Waals surface area (Å²) >= 11 is 0. The zero-order valence-corrected chi connectivity index (χ0v) is 11.8. The molecule has 1 spiro atoms. The predicted molar refractivity (Wildman–Crippen MR) is 78.5 cm³/mol. The van der Waals surface area contributed by atoms with Crippen molar-refractivity contribution in [1.29, 1.82) is 0 Å². The minimum absolute atomic E-state index is 0.185. The van der Waals surface area contributed by atoms with Crippen molar-refractivity contribution < 1.29 is 18.4 Å². The number of nitrogens with zero attached hydrogens (tertiary/aromatic N) is 2. The first-order valence-corrected chi connectivity index (χ1v) is 6.87. The number of methoxy groups -OCH3 is 1. The molecule has 0 unspecified atom stereocenters. The van der Waals surface area contributed by atoms with Crippen molar-refractivity contribution in [3.63, 3.8) is 0 Å². The van der Waals surface area contributed by atoms with E-state index >= 15 is 0 Å². The van der Waals surface area contributed by atoms with E-state index in [0.717, 1.165) is 4.90 Å². The molecular weight excluding hydrogens is 270 g/mol. The number of hydrogen-bond acceptors (Lipinski definition) is 4. The molecule has 0 radical (unpaired) electrons. The molecule has 6 nitrogen and oxygen atoms in total. The largest absolute Gasteiger partial charge is 0.497 e. The number of nitrogens with one attached hydrogen (secondary N) is 1. The van der Waals surface area contributed by atoms with E-state index in [1.54, 1.807) is 12.1 Å². The Morgan fingerprint density at radius 3 is 2.52 bits per heavy atom. The van der Waals surface area contributed by atoms with E-state index in [9.17, 15) is 9.59 Å². The van der Waals surface area contributed by atoms with Crippen LogP contribution < -0.4 is 15.0 Å². The van der Waals surface area contributed by atoms with Gasteiger partial charge in [0.25, 0.3) is 5.91 Å². The fraction of sp³-hybridized carbons (Fsp3) is 0.467. The second-order valence-corrected chi connectivity index (χ2v) is 5.36. The van der Waals surface area contributed by atoms with Crippen molar-refractivity contribution in [2.45, 2.75) is 18.4 Å². The number of piperidine rings is 1. The van der Waals surface area contributed by atoms with Crippen LogP contribution in [0, 0.1) is 0 Å². The first-order valence-electron chi connectivity index (χ1n) is 8.37. The third-order valence-electron chi connectivity index (χ3n) is 4.25. The lowest BCUT2D eigenvalue weighted by atomic mass is 9.86. The van der Waals surface area contributed by atoms with Crippen LogP contribution >= 0.6 is 0 Å². The summed E-state index contributed by atoms with van der Waals surface area (Å²) < 4.78 is 26.2. The third kappa shape index (κ3) is 1.98. The fourth-order valence-electron chi connectivity index (χ4n) is 3.13. The molecule has 2 saturated heterocycles. The van der Waals surface area contributed by atoms with Crippen LogP contribution in [0.3, 0.4) is 0 Å². The number of carbonyl (C=O) groups is 2. The summed E-state index contributed by atoms with van der Waals surface area (Å²) in [5, 5.41) is 3.20. The Morgan fingerprint density at radius 2 is 1.90 bits per heavy atom. The zero-order chi connectivity index (χ0) is 17.5. The van der Waals surface area contributed by atoms with E-state index in [2.05, 4.69) is 5.32 Å². The average Bonchev–Trinajstić information content (AvgIpc) is 2.70. The molecule has 21 heavy (non-hydrogen) atoms. The zero-order valence-electron chi connectivity index (χ0n) is 14.8. The van der Waals surface area contributed by atoms with Gasteiger partial charge in [0.05, 0.1) is 11.2 Å². The van der Waals surface area contributed by atoms with Gasteiger partial charge in [-0.05, 0) is 50.2 Å². The minimum Gasteiger partial charge on any atom is -0.497 e. The van der Waals surface area contributed by atoms with E-state index in [-0.39, 0.29) is 17.7 Å². The van der Waals surface area contributed by atoms with E-state index < -0.39 is 12.6 Å². The number of hydrogen-bond donors (Lipinski definition) is 1. The van der Waals surface area contributed by atoms with Gasteiger partial charge in [-0.2, -0.15) is 0 Å². The van der Waals surface area contributed by atoms with Crippen LogP contribution in [0.5, 0.6) is 5.75 Å². The van der Waals surface area contributed by atoms with Crippen molar-refractivity contribution in [2.75, 3.05) is 32.1 Å². The molecule has 2 aliphatic rings. The van der Waals surface area contributed by atoms with E-state index in [4.69, 9.17) is 8.85 Å². The lowest BCUT2D eigenvalue weighted by Gasteiger charge is -2.38. The molecule has 0 aromatic heterocycles. The smallest absolute Gasteiger partial charge is 0.331 e. The second-order valence-electron chi connectivity index (χ2n) is 5.36. The Hall–Kier alpha value is -2.08. The molecule has 0 atom stereocenters. The Labute approximate surface area is 127 Å². The number of amides is 3. The first-order chi connectivity index (χ1) is 11.2. The van der Waals surface area contributed by atoms with Crippen molar-refractivity contribution in [2.24, 2.45) is 0 Å². The number of rotatable bonds is 2. The summed E-state index contributed by atoms with van der Waals surface area (Å²) in [6.45, 7) is 1.31. The predicted octanol–water partition coefficient (Wildman–Crippen LogP) is 1.22. The summed E-state index contributed by atoms with van der Waals surface area (Å²) in [5.41, 5.74) is -0.318. The molecular formula is C15H19N3O3. The molecule has 6 heteroatoms. The van der Waals surface area contributed by atoms with Crippen molar-refractivity contribution in [3.8, 4) is 5.75 Å². The SMILES string of the molecule is [2H]C([2H])([2H])Oc1ccc(N2C(=O)N(C)C(=O)C23CCNCC3)cc1. The highest BCUT2D eigenvalue weighted by atomic mass is 16.5. The van der Waals surface area contributed by atoms with Crippen LogP contribution in [0.25, 0.3) is 0 Å². The minimum atomic E-state index is -2.53. The maximum Gasteiger partial charge on any atom is 0.331 e. The van der Waals surface area contributed by atoms with Crippen LogP contribution in [0.4, 0.5) is 10.5 Å². The van der Waals surface area contributed by atoms with Crippen LogP contribution in [-0.2, 0) is 4.79 Å². The first kappa shape index (κ1) is 10.6. The lowest BCUT2D eigenvalue weighted by molar-refractivity contribution is -0.130. The number of likely N-dealkylation sites (N-methyl/N-ethyl adjacent to an activating group) is 1. The van der Waals surface area contributed by atoms with Gasteiger partial charge < -0.3 is 10.1 Å². The molecule has 3 amide bonds. The molecule has 112 valence electrons. The van der Waals surface area contributed by atoms with Crippen molar-refractivity contribution in [1.82, 2.24) is 10.2 Å². The van der Waals surface area contributed by atoms with Gasteiger partial charge in [-0.25, -0.2) is 4.79 Å². The Balaban J connectivity index is 1.94. The molecule has 2 heterocycles. The highest BCUT2D eigenvalue weighted by Gasteiger charge is 2.56. The molecule has 1 N–H and O–H groups in total. The topological polar surface area (TPSA) is 61.9 Å². The monoisotopic (exact) mass is 292 g/mol. The van der Waals surface area contributed by atoms with Gasteiger partial charge in [0, 0.05) is 12.7 Å². The van der Waals surface area contributed by atoms with Crippen molar-refractivity contribution in [3.05, 3.63) is 24.3 Å². The number of carbonyl (C=O) groups excluding carboxylic acids is 2. The number of ether oxygens (including phenoxy) is 1. The van der Waals surface area contributed by atoms with E-state index in [1.807, 2.05) is 0 Å². The molecule has 0 aliphatic carbocycles. The molecule has 1 aromatic rings. The van der Waals surface area contributed by atoms with E-state index in [1.165, 1.54) is 24.1 Å². The maximum atomic E-state index is 12.7. The lowest BCUT2D eigenvalue weighted by Crippen LogP contribution is -2.56. The summed E-state index contributed by atoms with van der Waals surface area (Å²) in [6.07, 6.45) is 1.07. The quantitative estimate of drug-likeness (QED) is 0.833. The van der Waals surface area contributed by atoms with Crippen LogP contribution in [0.1, 0.15) is 17.0 Å². The Morgan fingerprint density at radius 1 is 1.24 bits per heavy atom. The standard InChI is InChI=1S/C15H19N3O3/c1-17-13(19)15(7-9-16-10-8-15)18(14(17)20)11-3-5-12(21-2)6-4-11/h3-6,16H,7-10H2,1-2H3/i2D3. The number of urea groups is 1.